The van der Waals surface area contributed by atoms with Crippen LogP contribution in [-0.4, -0.2) is 44.6 Å². The van der Waals surface area contributed by atoms with Crippen molar-refractivity contribution in [3.8, 4) is 11.8 Å². The van der Waals surface area contributed by atoms with Crippen molar-refractivity contribution in [2.24, 2.45) is 5.92 Å². The van der Waals surface area contributed by atoms with E-state index in [-0.39, 0.29) is 31.8 Å². The van der Waals surface area contributed by atoms with E-state index in [2.05, 4.69) is 5.32 Å². The number of benzene rings is 1. The summed E-state index contributed by atoms with van der Waals surface area (Å²) in [5.41, 5.74) is 1.58. The Hall–Kier alpha value is -3.08. The topological polar surface area (TPSA) is 109 Å². The van der Waals surface area contributed by atoms with Crippen LogP contribution in [0.4, 0.5) is 5.69 Å². The lowest BCUT2D eigenvalue weighted by molar-refractivity contribution is -0.152. The number of methoxy groups -OCH3 is 1. The molecular weight excluding hydrogens is 338 g/mol. The van der Waals surface area contributed by atoms with Gasteiger partial charge in [-0.05, 0) is 24.6 Å². The average Bonchev–Trinajstić information content (AvgIpc) is 3.01. The molecule has 0 radical (unpaired) electrons. The summed E-state index contributed by atoms with van der Waals surface area (Å²) in [6.07, 6.45) is 0.204. The summed E-state index contributed by atoms with van der Waals surface area (Å²) in [7, 11) is 1.52. The summed E-state index contributed by atoms with van der Waals surface area (Å²) in [6, 6.07) is 7.37. The average molecular weight is 359 g/mol. The van der Waals surface area contributed by atoms with Gasteiger partial charge in [0.2, 0.25) is 5.91 Å². The number of nitrogens with one attached hydrogen (secondary N) is 1. The van der Waals surface area contributed by atoms with Gasteiger partial charge in [-0.25, -0.2) is 0 Å². The third kappa shape index (κ3) is 4.72. The Morgan fingerprint density at radius 2 is 2.19 bits per heavy atom. The zero-order valence-corrected chi connectivity index (χ0v) is 14.8. The Morgan fingerprint density at radius 1 is 1.42 bits per heavy atom. The summed E-state index contributed by atoms with van der Waals surface area (Å²) < 4.78 is 10.3. The highest BCUT2D eigenvalue weighted by molar-refractivity contribution is 6.00. The van der Waals surface area contributed by atoms with Gasteiger partial charge in [0.25, 0.3) is 5.91 Å². The highest BCUT2D eigenvalue weighted by Crippen LogP contribution is 2.34. The first-order chi connectivity index (χ1) is 12.5. The molecule has 0 spiro atoms. The molecule has 1 aromatic carbocycles. The normalized spacial score (nSPS) is 16.1. The van der Waals surface area contributed by atoms with Crippen molar-refractivity contribution in [2.75, 3.05) is 31.7 Å². The van der Waals surface area contributed by atoms with Gasteiger partial charge >= 0.3 is 5.97 Å². The van der Waals surface area contributed by atoms with Crippen LogP contribution in [0.1, 0.15) is 18.4 Å². The van der Waals surface area contributed by atoms with E-state index in [1.165, 1.54) is 12.0 Å². The third-order valence-corrected chi connectivity index (χ3v) is 3.99. The third-order valence-electron chi connectivity index (χ3n) is 3.99. The number of nitriles is 1. The summed E-state index contributed by atoms with van der Waals surface area (Å²) in [4.78, 5) is 37.5. The maximum atomic E-state index is 12.3. The lowest BCUT2D eigenvalue weighted by Crippen LogP contribution is -2.31. The molecule has 0 saturated carbocycles. The van der Waals surface area contributed by atoms with Gasteiger partial charge in [0.1, 0.15) is 5.75 Å². The highest BCUT2D eigenvalue weighted by atomic mass is 16.5. The molecule has 8 nitrogen and oxygen atoms in total. The number of rotatable bonds is 7. The number of aryl methyl sites for hydroxylation is 1. The molecule has 0 bridgehead atoms. The molecule has 0 aromatic heterocycles. The first-order valence-electron chi connectivity index (χ1n) is 8.21. The number of amides is 2. The first-order valence-corrected chi connectivity index (χ1v) is 8.21. The molecule has 1 saturated heterocycles. The number of ether oxygens (including phenoxy) is 2. The van der Waals surface area contributed by atoms with Crippen LogP contribution >= 0.6 is 0 Å². The van der Waals surface area contributed by atoms with Crippen molar-refractivity contribution in [3.63, 3.8) is 0 Å². The Balaban J connectivity index is 1.95. The fourth-order valence-electron chi connectivity index (χ4n) is 2.67. The van der Waals surface area contributed by atoms with E-state index in [9.17, 15) is 14.4 Å². The molecule has 2 rings (SSSR count). The van der Waals surface area contributed by atoms with Gasteiger partial charge in [0, 0.05) is 19.5 Å². The van der Waals surface area contributed by atoms with Crippen molar-refractivity contribution in [1.82, 2.24) is 5.32 Å². The molecule has 1 aliphatic heterocycles. The van der Waals surface area contributed by atoms with Gasteiger partial charge in [0.15, 0.2) is 6.61 Å². The number of esters is 1. The zero-order chi connectivity index (χ0) is 19.1. The Kier molecular flexibility index (Phi) is 6.55. The molecule has 1 N–H and O–H groups in total. The summed E-state index contributed by atoms with van der Waals surface area (Å²) >= 11 is 0. The summed E-state index contributed by atoms with van der Waals surface area (Å²) in [5.74, 6) is -1.36. The van der Waals surface area contributed by atoms with Crippen LogP contribution in [0.3, 0.4) is 0 Å². The van der Waals surface area contributed by atoms with E-state index in [0.29, 0.717) is 11.4 Å². The monoisotopic (exact) mass is 359 g/mol. The van der Waals surface area contributed by atoms with Crippen LogP contribution < -0.4 is 15.0 Å². The number of nitrogens with zero attached hydrogens (tertiary/aromatic N) is 2. The van der Waals surface area contributed by atoms with Gasteiger partial charge < -0.3 is 19.7 Å². The molecule has 2 amide bonds. The lowest BCUT2D eigenvalue weighted by atomic mass is 10.1. The van der Waals surface area contributed by atoms with Gasteiger partial charge in [-0.2, -0.15) is 5.26 Å². The molecule has 1 atom stereocenters. The maximum absolute atomic E-state index is 12.3. The van der Waals surface area contributed by atoms with Crippen molar-refractivity contribution >= 4 is 23.5 Å². The van der Waals surface area contributed by atoms with Gasteiger partial charge in [-0.1, -0.05) is 6.07 Å². The maximum Gasteiger partial charge on any atom is 0.311 e. The molecule has 0 unspecified atom stereocenters. The minimum Gasteiger partial charge on any atom is -0.495 e. The van der Waals surface area contributed by atoms with E-state index in [0.717, 1.165) is 5.56 Å². The highest BCUT2D eigenvalue weighted by Gasteiger charge is 2.37. The van der Waals surface area contributed by atoms with Crippen LogP contribution in [0.15, 0.2) is 18.2 Å². The predicted molar refractivity (Wildman–Crippen MR) is 92.4 cm³/mol. The largest absolute Gasteiger partial charge is 0.495 e. The summed E-state index contributed by atoms with van der Waals surface area (Å²) in [6.45, 7) is 1.85. The second kappa shape index (κ2) is 8.85. The van der Waals surface area contributed by atoms with Crippen molar-refractivity contribution in [2.45, 2.75) is 19.8 Å². The molecule has 0 aliphatic carbocycles. The molecule has 26 heavy (non-hydrogen) atoms. The van der Waals surface area contributed by atoms with E-state index < -0.39 is 24.4 Å². The number of carbonyl (C=O) groups excluding carboxylic acids is 3. The van der Waals surface area contributed by atoms with Crippen LogP contribution in [0.2, 0.25) is 0 Å². The van der Waals surface area contributed by atoms with E-state index >= 15 is 0 Å². The van der Waals surface area contributed by atoms with E-state index in [4.69, 9.17) is 14.7 Å². The van der Waals surface area contributed by atoms with Crippen molar-refractivity contribution < 1.29 is 23.9 Å². The summed E-state index contributed by atoms with van der Waals surface area (Å²) in [5, 5.41) is 10.9. The SMILES string of the molecule is COc1ccc(C)cc1N1C[C@H](C(=O)OCC(=O)NCCC#N)CC1=O. The molecule has 1 aliphatic rings. The Bertz CT molecular complexity index is 741. The standard InChI is InChI=1S/C18H21N3O5/c1-12-4-5-15(25-2)14(8-12)21-10-13(9-17(21)23)18(24)26-11-16(22)20-7-3-6-19/h4-5,8,13H,3,7,9-11H2,1-2H3,(H,20,22)/t13-/m1/s1. The molecule has 1 aromatic rings. The van der Waals surface area contributed by atoms with Gasteiger partial charge in [-0.15, -0.1) is 0 Å². The molecule has 8 heteroatoms. The number of hydrogen-bond donors (Lipinski definition) is 1. The van der Waals surface area contributed by atoms with Crippen molar-refractivity contribution in [3.05, 3.63) is 23.8 Å². The second-order valence-electron chi connectivity index (χ2n) is 5.95. The first kappa shape index (κ1) is 19.2. The number of anilines is 1. The molecular formula is C18H21N3O5. The minimum absolute atomic E-state index is 0.0198. The Morgan fingerprint density at radius 3 is 2.88 bits per heavy atom. The van der Waals surface area contributed by atoms with Gasteiger partial charge in [-0.3, -0.25) is 14.4 Å². The molecule has 1 fully saturated rings. The molecule has 1 heterocycles. The fraction of sp³-hybridized carbons (Fsp3) is 0.444. The van der Waals surface area contributed by atoms with E-state index in [1.54, 1.807) is 6.07 Å². The predicted octanol–water partition coefficient (Wildman–Crippen LogP) is 0.930. The van der Waals surface area contributed by atoms with Crippen molar-refractivity contribution in [1.29, 1.82) is 5.26 Å². The zero-order valence-electron chi connectivity index (χ0n) is 14.8. The van der Waals surface area contributed by atoms with Crippen LogP contribution in [-0.2, 0) is 19.1 Å². The van der Waals surface area contributed by atoms with E-state index in [1.807, 2.05) is 25.1 Å². The second-order valence-corrected chi connectivity index (χ2v) is 5.95. The smallest absolute Gasteiger partial charge is 0.311 e. The van der Waals surface area contributed by atoms with Crippen LogP contribution in [0.25, 0.3) is 0 Å². The minimum atomic E-state index is -0.639. The number of hydrogen-bond acceptors (Lipinski definition) is 6. The van der Waals surface area contributed by atoms with Crippen LogP contribution in [0, 0.1) is 24.2 Å². The lowest BCUT2D eigenvalue weighted by Gasteiger charge is -2.20. The fourth-order valence-corrected chi connectivity index (χ4v) is 2.67. The Labute approximate surface area is 151 Å². The van der Waals surface area contributed by atoms with Crippen LogP contribution in [0.5, 0.6) is 5.75 Å². The van der Waals surface area contributed by atoms with Gasteiger partial charge in [0.05, 0.1) is 31.2 Å². The number of carbonyl (C=O) groups is 3. The molecule has 138 valence electrons. The quantitative estimate of drug-likeness (QED) is 0.573.